The zero-order chi connectivity index (χ0) is 16.4. The lowest BCUT2D eigenvalue weighted by Gasteiger charge is -2.28. The zero-order valence-corrected chi connectivity index (χ0v) is 14.3. The molecule has 0 radical (unpaired) electrons. The number of benzene rings is 1. The van der Waals surface area contributed by atoms with Gasteiger partial charge in [0.2, 0.25) is 0 Å². The summed E-state index contributed by atoms with van der Waals surface area (Å²) in [4.78, 5) is 10.8. The van der Waals surface area contributed by atoms with E-state index >= 15 is 0 Å². The van der Waals surface area contributed by atoms with E-state index in [2.05, 4.69) is 53.7 Å². The third-order valence-corrected chi connectivity index (χ3v) is 3.44. The summed E-state index contributed by atoms with van der Waals surface area (Å²) in [5.74, 6) is -0.0598. The maximum absolute atomic E-state index is 10.8. The molecular formula is C18H28O3. The molecule has 0 aliphatic heterocycles. The van der Waals surface area contributed by atoms with Gasteiger partial charge >= 0.3 is 5.97 Å². The first-order valence-electron chi connectivity index (χ1n) is 7.44. The average Bonchev–Trinajstić information content (AvgIpc) is 2.24. The normalized spacial score (nSPS) is 13.9. The van der Waals surface area contributed by atoms with Crippen LogP contribution in [0.4, 0.5) is 0 Å². The van der Waals surface area contributed by atoms with Crippen LogP contribution in [0, 0.1) is 0 Å². The van der Waals surface area contributed by atoms with E-state index in [1.807, 2.05) is 6.07 Å². The van der Waals surface area contributed by atoms with Gasteiger partial charge in [-0.1, -0.05) is 53.7 Å². The average molecular weight is 292 g/mol. The number of carboxylic acid groups (broad SMARTS) is 1. The highest BCUT2D eigenvalue weighted by Gasteiger charge is 2.24. The van der Waals surface area contributed by atoms with Gasteiger partial charge in [0.15, 0.2) is 0 Å². The first-order valence-corrected chi connectivity index (χ1v) is 7.44. The maximum Gasteiger partial charge on any atom is 0.307 e. The lowest BCUT2D eigenvalue weighted by molar-refractivity contribution is -0.138. The number of aliphatic carboxylic acids is 1. The van der Waals surface area contributed by atoms with Crippen molar-refractivity contribution >= 4 is 5.97 Å². The van der Waals surface area contributed by atoms with Crippen LogP contribution in [0.5, 0.6) is 5.75 Å². The van der Waals surface area contributed by atoms with Crippen molar-refractivity contribution in [2.45, 2.75) is 71.8 Å². The molecule has 0 heterocycles. The van der Waals surface area contributed by atoms with Crippen LogP contribution in [-0.2, 0) is 15.6 Å². The molecule has 0 spiro atoms. The Morgan fingerprint density at radius 2 is 1.71 bits per heavy atom. The third kappa shape index (κ3) is 5.07. The first-order chi connectivity index (χ1) is 9.41. The van der Waals surface area contributed by atoms with E-state index < -0.39 is 5.97 Å². The van der Waals surface area contributed by atoms with Crippen molar-refractivity contribution in [3.05, 3.63) is 29.3 Å². The SMILES string of the molecule is C[C@@H](CC(=O)O)Oc1ccc(C(C)(C)C)cc1C(C)(C)C. The molecule has 118 valence electrons. The molecule has 1 aromatic carbocycles. The highest BCUT2D eigenvalue weighted by molar-refractivity contribution is 5.67. The molecule has 0 saturated heterocycles. The lowest BCUT2D eigenvalue weighted by Crippen LogP contribution is -2.21. The molecular weight excluding hydrogens is 264 g/mol. The van der Waals surface area contributed by atoms with Gasteiger partial charge in [0.1, 0.15) is 11.9 Å². The molecule has 1 atom stereocenters. The number of ether oxygens (including phenoxy) is 1. The molecule has 0 fully saturated rings. The number of hydrogen-bond donors (Lipinski definition) is 1. The zero-order valence-electron chi connectivity index (χ0n) is 14.3. The molecule has 1 N–H and O–H groups in total. The fourth-order valence-corrected chi connectivity index (χ4v) is 2.19. The van der Waals surface area contributed by atoms with E-state index in [0.29, 0.717) is 0 Å². The van der Waals surface area contributed by atoms with Gasteiger partial charge in [-0.15, -0.1) is 0 Å². The number of carbonyl (C=O) groups is 1. The second kappa shape index (κ2) is 6.08. The van der Waals surface area contributed by atoms with Crippen LogP contribution < -0.4 is 4.74 Å². The summed E-state index contributed by atoms with van der Waals surface area (Å²) >= 11 is 0. The Hall–Kier alpha value is -1.51. The van der Waals surface area contributed by atoms with Gasteiger partial charge in [-0.25, -0.2) is 0 Å². The molecule has 21 heavy (non-hydrogen) atoms. The van der Waals surface area contributed by atoms with Crippen molar-refractivity contribution in [2.75, 3.05) is 0 Å². The minimum Gasteiger partial charge on any atom is -0.490 e. The first kappa shape index (κ1) is 17.5. The van der Waals surface area contributed by atoms with Crippen LogP contribution in [0.1, 0.15) is 66.0 Å². The number of rotatable bonds is 4. The van der Waals surface area contributed by atoms with Crippen LogP contribution in [0.2, 0.25) is 0 Å². The van der Waals surface area contributed by atoms with Crippen LogP contribution in [-0.4, -0.2) is 17.2 Å². The second-order valence-corrected chi connectivity index (χ2v) is 7.74. The highest BCUT2D eigenvalue weighted by Crippen LogP contribution is 2.36. The summed E-state index contributed by atoms with van der Waals surface area (Å²) in [6, 6.07) is 6.22. The van der Waals surface area contributed by atoms with Crippen molar-refractivity contribution in [3.8, 4) is 5.75 Å². The Labute approximate surface area is 128 Å². The Balaban J connectivity index is 3.17. The monoisotopic (exact) mass is 292 g/mol. The standard InChI is InChI=1S/C18H28O3/c1-12(10-16(19)20)21-15-9-8-13(17(2,3)4)11-14(15)18(5,6)7/h8-9,11-12H,10H2,1-7H3,(H,19,20)/t12-/m0/s1. The van der Waals surface area contributed by atoms with E-state index in [0.717, 1.165) is 11.3 Å². The highest BCUT2D eigenvalue weighted by atomic mass is 16.5. The van der Waals surface area contributed by atoms with Gasteiger partial charge < -0.3 is 9.84 Å². The van der Waals surface area contributed by atoms with Crippen LogP contribution in [0.25, 0.3) is 0 Å². The van der Waals surface area contributed by atoms with Gasteiger partial charge in [-0.2, -0.15) is 0 Å². The predicted molar refractivity (Wildman–Crippen MR) is 86.2 cm³/mol. The van der Waals surface area contributed by atoms with Gasteiger partial charge in [0, 0.05) is 0 Å². The maximum atomic E-state index is 10.8. The van der Waals surface area contributed by atoms with E-state index in [4.69, 9.17) is 9.84 Å². The van der Waals surface area contributed by atoms with Crippen molar-refractivity contribution in [2.24, 2.45) is 0 Å². The van der Waals surface area contributed by atoms with Crippen LogP contribution in [0.3, 0.4) is 0 Å². The van der Waals surface area contributed by atoms with Gasteiger partial charge in [0.25, 0.3) is 0 Å². The largest absolute Gasteiger partial charge is 0.490 e. The Bertz CT molecular complexity index is 504. The summed E-state index contributed by atoms with van der Waals surface area (Å²) < 4.78 is 5.87. The number of carboxylic acids is 1. The topological polar surface area (TPSA) is 46.5 Å². The molecule has 0 aliphatic rings. The fraction of sp³-hybridized carbons (Fsp3) is 0.611. The third-order valence-electron chi connectivity index (χ3n) is 3.44. The molecule has 3 nitrogen and oxygen atoms in total. The molecule has 0 saturated carbocycles. The molecule has 1 rings (SSSR count). The Kier molecular flexibility index (Phi) is 5.08. The molecule has 0 amide bonds. The summed E-state index contributed by atoms with van der Waals surface area (Å²) in [7, 11) is 0. The minimum absolute atomic E-state index is 0.00457. The molecule has 0 unspecified atom stereocenters. The van der Waals surface area contributed by atoms with Crippen LogP contribution >= 0.6 is 0 Å². The molecule has 0 aromatic heterocycles. The van der Waals surface area contributed by atoms with Crippen LogP contribution in [0.15, 0.2) is 18.2 Å². The van der Waals surface area contributed by atoms with Crippen molar-refractivity contribution in [1.82, 2.24) is 0 Å². The minimum atomic E-state index is -0.842. The van der Waals surface area contributed by atoms with E-state index in [9.17, 15) is 4.79 Å². The lowest BCUT2D eigenvalue weighted by atomic mass is 9.80. The van der Waals surface area contributed by atoms with Gasteiger partial charge in [-0.3, -0.25) is 4.79 Å². The number of hydrogen-bond acceptors (Lipinski definition) is 2. The second-order valence-electron chi connectivity index (χ2n) is 7.74. The van der Waals surface area contributed by atoms with Crippen molar-refractivity contribution < 1.29 is 14.6 Å². The van der Waals surface area contributed by atoms with Gasteiger partial charge in [-0.05, 0) is 34.9 Å². The molecule has 1 aromatic rings. The fourth-order valence-electron chi connectivity index (χ4n) is 2.19. The van der Waals surface area contributed by atoms with E-state index in [1.54, 1.807) is 6.92 Å². The Morgan fingerprint density at radius 1 is 1.14 bits per heavy atom. The van der Waals surface area contributed by atoms with E-state index in [-0.39, 0.29) is 23.4 Å². The van der Waals surface area contributed by atoms with E-state index in [1.165, 1.54) is 5.56 Å². The smallest absolute Gasteiger partial charge is 0.307 e. The van der Waals surface area contributed by atoms with Crippen molar-refractivity contribution in [3.63, 3.8) is 0 Å². The predicted octanol–water partition coefficient (Wildman–Crippen LogP) is 4.52. The molecule has 3 heteroatoms. The summed E-state index contributed by atoms with van der Waals surface area (Å²) in [5.41, 5.74) is 2.39. The van der Waals surface area contributed by atoms with Gasteiger partial charge in [0.05, 0.1) is 6.42 Å². The molecule has 0 bridgehead atoms. The summed E-state index contributed by atoms with van der Waals surface area (Å²) in [6.07, 6.45) is -0.339. The van der Waals surface area contributed by atoms with Crippen molar-refractivity contribution in [1.29, 1.82) is 0 Å². The molecule has 0 aliphatic carbocycles. The summed E-state index contributed by atoms with van der Waals surface area (Å²) in [5, 5.41) is 8.86. The quantitative estimate of drug-likeness (QED) is 0.887. The summed E-state index contributed by atoms with van der Waals surface area (Å²) in [6.45, 7) is 14.8. The Morgan fingerprint density at radius 3 is 2.14 bits per heavy atom.